The van der Waals surface area contributed by atoms with Crippen LogP contribution < -0.4 is 16.2 Å². The van der Waals surface area contributed by atoms with Gasteiger partial charge in [0.1, 0.15) is 0 Å². The Balaban J connectivity index is 2.18. The molecule has 0 fully saturated rings. The van der Waals surface area contributed by atoms with Crippen LogP contribution in [0.2, 0.25) is 5.02 Å². The van der Waals surface area contributed by atoms with Crippen molar-refractivity contribution < 1.29 is 22.7 Å². The number of nitrogens with two attached hydrogens (primary N) is 2. The average Bonchev–Trinajstić information content (AvgIpc) is 3.25. The van der Waals surface area contributed by atoms with Gasteiger partial charge < -0.3 is 16.2 Å². The van der Waals surface area contributed by atoms with Crippen molar-refractivity contribution in [2.45, 2.75) is 18.5 Å². The van der Waals surface area contributed by atoms with E-state index in [4.69, 9.17) is 27.8 Å². The average molecular weight is 473 g/mol. The molecular formula is C20H20ClF3N4O2S. The van der Waals surface area contributed by atoms with Crippen LogP contribution in [0.25, 0.3) is 11.3 Å². The minimum absolute atomic E-state index is 0.0544. The highest BCUT2D eigenvalue weighted by Crippen LogP contribution is 2.48. The van der Waals surface area contributed by atoms with Crippen molar-refractivity contribution in [3.8, 4) is 16.3 Å². The summed E-state index contributed by atoms with van der Waals surface area (Å²) in [7, 11) is 3.12. The normalized spacial score (nSPS) is 12.7. The van der Waals surface area contributed by atoms with Gasteiger partial charge >= 0.3 is 6.18 Å². The Morgan fingerprint density at radius 3 is 2.61 bits per heavy atom. The molecule has 0 aliphatic heterocycles. The Kier molecular flexibility index (Phi) is 6.63. The number of alkyl halides is 3. The second-order valence-corrected chi connectivity index (χ2v) is 8.27. The predicted octanol–water partition coefficient (Wildman–Crippen LogP) is 4.21. The monoisotopic (exact) mass is 472 g/mol. The number of aryl methyl sites for hydroxylation is 1. The minimum Gasteiger partial charge on any atom is -0.487 e. The molecule has 4 N–H and O–H groups in total. The van der Waals surface area contributed by atoms with E-state index in [0.717, 1.165) is 23.5 Å². The van der Waals surface area contributed by atoms with Gasteiger partial charge in [0, 0.05) is 13.0 Å². The van der Waals surface area contributed by atoms with Crippen molar-refractivity contribution in [2.24, 2.45) is 18.5 Å². The van der Waals surface area contributed by atoms with E-state index >= 15 is 0 Å². The van der Waals surface area contributed by atoms with Gasteiger partial charge in [0.15, 0.2) is 5.06 Å². The zero-order chi connectivity index (χ0) is 22.9. The number of primary amides is 1. The maximum Gasteiger partial charge on any atom is 0.416 e. The number of ether oxygens (including phenoxy) is 1. The predicted molar refractivity (Wildman–Crippen MR) is 114 cm³/mol. The van der Waals surface area contributed by atoms with Gasteiger partial charge in [-0.3, -0.25) is 9.48 Å². The number of halogens is 4. The smallest absolute Gasteiger partial charge is 0.416 e. The van der Waals surface area contributed by atoms with Gasteiger partial charge in [-0.2, -0.15) is 18.3 Å². The van der Waals surface area contributed by atoms with E-state index in [2.05, 4.69) is 5.10 Å². The Morgan fingerprint density at radius 1 is 1.39 bits per heavy atom. The van der Waals surface area contributed by atoms with Crippen molar-refractivity contribution >= 4 is 28.8 Å². The molecule has 1 amide bonds. The van der Waals surface area contributed by atoms with Crippen molar-refractivity contribution in [1.82, 2.24) is 9.78 Å². The summed E-state index contributed by atoms with van der Waals surface area (Å²) in [4.78, 5) is 12.4. The molecule has 0 bridgehead atoms. The number of hydrogen-bond acceptors (Lipinski definition) is 5. The summed E-state index contributed by atoms with van der Waals surface area (Å²) < 4.78 is 46.4. The van der Waals surface area contributed by atoms with Crippen LogP contribution in [0.3, 0.4) is 0 Å². The zero-order valence-corrected chi connectivity index (χ0v) is 18.2. The lowest BCUT2D eigenvalue weighted by Gasteiger charge is -2.19. The van der Waals surface area contributed by atoms with Crippen LogP contribution in [0.15, 0.2) is 30.5 Å². The molecule has 0 radical (unpaired) electrons. The molecule has 31 heavy (non-hydrogen) atoms. The van der Waals surface area contributed by atoms with E-state index in [1.54, 1.807) is 13.1 Å². The first-order valence-corrected chi connectivity index (χ1v) is 10.3. The molecule has 1 atom stereocenters. The summed E-state index contributed by atoms with van der Waals surface area (Å²) >= 11 is 7.38. The highest BCUT2D eigenvalue weighted by atomic mass is 35.5. The number of hydrogen-bond donors (Lipinski definition) is 2. The molecule has 0 saturated carbocycles. The molecular weight excluding hydrogens is 453 g/mol. The number of aromatic nitrogens is 2. The second kappa shape index (κ2) is 8.89. The highest BCUT2D eigenvalue weighted by molar-refractivity contribution is 7.16. The van der Waals surface area contributed by atoms with Crippen LogP contribution in [0.4, 0.5) is 13.2 Å². The molecule has 3 rings (SSSR count). The van der Waals surface area contributed by atoms with Gasteiger partial charge in [-0.15, -0.1) is 0 Å². The number of benzene rings is 1. The minimum atomic E-state index is -4.47. The maximum absolute atomic E-state index is 13.1. The summed E-state index contributed by atoms with van der Waals surface area (Å²) in [6.45, 7) is 0.0544. The fourth-order valence-corrected chi connectivity index (χ4v) is 4.83. The van der Waals surface area contributed by atoms with Gasteiger partial charge in [0.25, 0.3) is 5.91 Å². The molecule has 2 aromatic heterocycles. The molecule has 0 spiro atoms. The topological polar surface area (TPSA) is 96.2 Å². The summed E-state index contributed by atoms with van der Waals surface area (Å²) in [6.07, 6.45) is -2.86. The third kappa shape index (κ3) is 4.56. The second-order valence-electron chi connectivity index (χ2n) is 6.88. The molecule has 166 valence electrons. The van der Waals surface area contributed by atoms with Crippen molar-refractivity contribution in [1.29, 1.82) is 0 Å². The Bertz CT molecular complexity index is 1090. The van der Waals surface area contributed by atoms with Gasteiger partial charge in [-0.1, -0.05) is 41.1 Å². The molecule has 0 aliphatic carbocycles. The molecule has 2 heterocycles. The number of methoxy groups -OCH3 is 1. The Hall–Kier alpha value is -2.56. The van der Waals surface area contributed by atoms with E-state index in [-0.39, 0.29) is 17.8 Å². The van der Waals surface area contributed by atoms with Crippen LogP contribution in [-0.4, -0.2) is 29.3 Å². The standard InChI is InChI=1S/C20H20ClF3N4O2S/c1-28-16(13(21)9-27-28)15-14(17(18(26)29)31-19(15)30-2)11(8-25)6-10-4-3-5-12(7-10)20(22,23)24/h3-5,7,9,11H,6,8,25H2,1-2H3,(H2,26,29)/t11-/m1/s1. The van der Waals surface area contributed by atoms with Crippen LogP contribution in [0.1, 0.15) is 32.3 Å². The van der Waals surface area contributed by atoms with E-state index in [1.807, 2.05) is 0 Å². The molecule has 1 aromatic carbocycles. The third-order valence-electron chi connectivity index (χ3n) is 4.88. The lowest BCUT2D eigenvalue weighted by molar-refractivity contribution is -0.137. The molecule has 0 saturated heterocycles. The van der Waals surface area contributed by atoms with E-state index in [1.165, 1.54) is 24.1 Å². The van der Waals surface area contributed by atoms with Crippen molar-refractivity contribution in [2.75, 3.05) is 13.7 Å². The summed E-state index contributed by atoms with van der Waals surface area (Å²) in [5.74, 6) is -1.21. The summed E-state index contributed by atoms with van der Waals surface area (Å²) in [5, 5.41) is 4.84. The largest absolute Gasteiger partial charge is 0.487 e. The first-order chi connectivity index (χ1) is 14.6. The first-order valence-electron chi connectivity index (χ1n) is 9.13. The van der Waals surface area contributed by atoms with Crippen LogP contribution in [-0.2, 0) is 19.6 Å². The molecule has 0 unspecified atom stereocenters. The Morgan fingerprint density at radius 2 is 2.10 bits per heavy atom. The summed E-state index contributed by atoms with van der Waals surface area (Å²) in [5.41, 5.74) is 12.8. The quantitative estimate of drug-likeness (QED) is 0.538. The van der Waals surface area contributed by atoms with Crippen LogP contribution in [0.5, 0.6) is 5.06 Å². The van der Waals surface area contributed by atoms with Gasteiger partial charge in [-0.05, 0) is 30.2 Å². The number of thiophene rings is 1. The van der Waals surface area contributed by atoms with Crippen molar-refractivity contribution in [3.63, 3.8) is 0 Å². The Labute approximate surface area is 185 Å². The third-order valence-corrected chi connectivity index (χ3v) is 6.34. The SMILES string of the molecule is COc1sc(C(N)=O)c([C@@H](CN)Cc2cccc(C(F)(F)F)c2)c1-c1c(Cl)cnn1C. The van der Waals surface area contributed by atoms with Crippen LogP contribution in [0, 0.1) is 0 Å². The lowest BCUT2D eigenvalue weighted by Crippen LogP contribution is -2.20. The number of carbonyl (C=O) groups excluding carboxylic acids is 1. The number of nitrogens with zero attached hydrogens (tertiary/aromatic N) is 2. The number of rotatable bonds is 7. The summed E-state index contributed by atoms with van der Waals surface area (Å²) in [6, 6.07) is 5.01. The molecule has 11 heteroatoms. The number of carbonyl (C=O) groups is 1. The first kappa shape index (κ1) is 23.1. The number of amides is 1. The van der Waals surface area contributed by atoms with Crippen LogP contribution >= 0.6 is 22.9 Å². The molecule has 6 nitrogen and oxygen atoms in total. The molecule has 0 aliphatic rings. The van der Waals surface area contributed by atoms with Gasteiger partial charge in [0.05, 0.1) is 40.0 Å². The highest BCUT2D eigenvalue weighted by Gasteiger charge is 2.33. The molecule has 3 aromatic rings. The fourth-order valence-electron chi connectivity index (χ4n) is 3.52. The van der Waals surface area contributed by atoms with E-state index < -0.39 is 23.6 Å². The van der Waals surface area contributed by atoms with Gasteiger partial charge in [0.2, 0.25) is 0 Å². The fraction of sp³-hybridized carbons (Fsp3) is 0.300. The van der Waals surface area contributed by atoms with E-state index in [9.17, 15) is 18.0 Å². The van der Waals surface area contributed by atoms with E-state index in [0.29, 0.717) is 32.5 Å². The van der Waals surface area contributed by atoms with Crippen molar-refractivity contribution in [3.05, 3.63) is 57.1 Å². The maximum atomic E-state index is 13.1. The zero-order valence-electron chi connectivity index (χ0n) is 16.7. The lowest BCUT2D eigenvalue weighted by atomic mass is 9.88. The van der Waals surface area contributed by atoms with Gasteiger partial charge in [-0.25, -0.2) is 0 Å².